The van der Waals surface area contributed by atoms with Crippen molar-refractivity contribution in [3.05, 3.63) is 78.0 Å². The number of aromatic amines is 1. The van der Waals surface area contributed by atoms with E-state index in [1.165, 1.54) is 54.1 Å². The predicted octanol–water partition coefficient (Wildman–Crippen LogP) is -2.90. The lowest BCUT2D eigenvalue weighted by atomic mass is 10.0. The minimum atomic E-state index is -1.68. The highest BCUT2D eigenvalue weighted by Crippen LogP contribution is 2.29. The fourth-order valence-electron chi connectivity index (χ4n) is 11.1. The molecule has 0 radical (unpaired) electrons. The average molecular weight is 1550 g/mol. The quantitative estimate of drug-likeness (QED) is 0.0206. The maximum atomic E-state index is 14.3. The second kappa shape index (κ2) is 43.0. The number of aliphatic imine (C=N–C) groups is 2. The summed E-state index contributed by atoms with van der Waals surface area (Å²) in [7, 11) is 4.93. The third-order valence-corrected chi connectivity index (χ3v) is 21.1. The molecule has 1 aromatic heterocycles. The first-order valence-electron chi connectivity index (χ1n) is 33.5. The van der Waals surface area contributed by atoms with Crippen molar-refractivity contribution in [2.24, 2.45) is 44.4 Å². The van der Waals surface area contributed by atoms with Crippen molar-refractivity contribution >= 4 is 171 Å². The number of aliphatic carboxylic acids is 2. The Hall–Kier alpha value is -10.6. The number of carboxylic acids is 2. The topological polar surface area (TPSA) is 617 Å². The van der Waals surface area contributed by atoms with Crippen LogP contribution in [0, 0.1) is 0 Å². The molecule has 7 rings (SSSR count). The van der Waals surface area contributed by atoms with E-state index in [9.17, 15) is 82.1 Å². The first-order valence-corrected chi connectivity index (χ1v) is 38.5. The van der Waals surface area contributed by atoms with Gasteiger partial charge in [-0.25, -0.2) is 0 Å². The highest BCUT2D eigenvalue weighted by atomic mass is 33.1. The van der Waals surface area contributed by atoms with Gasteiger partial charge in [-0.3, -0.25) is 81.9 Å². The van der Waals surface area contributed by atoms with Crippen LogP contribution in [0.5, 0.6) is 0 Å². The van der Waals surface area contributed by atoms with Crippen LogP contribution in [0.15, 0.2) is 76.8 Å². The SMILES string of the molecule is NC(=O)C1CSSCCC(=O)NC(CCCCN=C(N)N)C(=O)NCC(=O)NC(CC(=O)O)C(=O)NC(Cc2c[nH]c3ccccc23)C(=O)N2CCCC2C(=O)N1.NC(=O)C1CSSCCC(=O)NC(CCCCN=C(N)N)C(=O)NCC(=O)NC(CC(=O)O)C(=O)Nc2cc(c3ccccc3c2)C(=O)N1. The number of fused-ring (bicyclic) bond motifs is 6. The normalized spacial score (nSPS) is 22.1. The van der Waals surface area contributed by atoms with Gasteiger partial charge in [0, 0.05) is 90.3 Å². The number of amides is 13. The number of nitrogens with zero attached hydrogens (tertiary/aromatic N) is 3. The highest BCUT2D eigenvalue weighted by Gasteiger charge is 2.40. The second-order valence-electron chi connectivity index (χ2n) is 24.4. The van der Waals surface area contributed by atoms with Crippen molar-refractivity contribution in [2.45, 2.75) is 132 Å². The number of nitrogens with one attached hydrogen (secondary N) is 11. The Labute approximate surface area is 623 Å². The number of nitrogens with two attached hydrogens (primary N) is 6. The monoisotopic (exact) mass is 1550 g/mol. The maximum absolute atomic E-state index is 14.3. The van der Waals surface area contributed by atoms with Crippen molar-refractivity contribution < 1.29 is 82.1 Å². The van der Waals surface area contributed by atoms with Gasteiger partial charge in [-0.2, -0.15) is 0 Å². The number of benzene rings is 3. The number of carbonyl (C=O) groups is 15. The van der Waals surface area contributed by atoms with Crippen LogP contribution in [-0.4, -0.2) is 225 Å². The molecule has 2 saturated heterocycles. The molecule has 8 atom stereocenters. The Balaban J connectivity index is 0.000000336. The number of anilines is 1. The van der Waals surface area contributed by atoms with Crippen LogP contribution < -0.4 is 87.6 Å². The van der Waals surface area contributed by atoms with Gasteiger partial charge in [-0.1, -0.05) is 85.6 Å². The molecule has 25 N–H and O–H groups in total. The molecule has 0 saturated carbocycles. The summed E-state index contributed by atoms with van der Waals surface area (Å²) in [6.07, 6.45) is 2.84. The summed E-state index contributed by atoms with van der Waals surface area (Å²) < 4.78 is 0. The number of rotatable bonds is 18. The molecule has 574 valence electrons. The molecule has 0 aliphatic carbocycles. The van der Waals surface area contributed by atoms with Crippen molar-refractivity contribution in [2.75, 3.05) is 61.1 Å². The van der Waals surface area contributed by atoms with E-state index >= 15 is 0 Å². The molecular weight excluding hydrogens is 1460 g/mol. The zero-order valence-corrected chi connectivity index (χ0v) is 60.7. The van der Waals surface area contributed by atoms with Gasteiger partial charge in [0.05, 0.1) is 25.9 Å². The number of guanidine groups is 2. The zero-order valence-electron chi connectivity index (χ0n) is 57.5. The van der Waals surface area contributed by atoms with Crippen LogP contribution in [0.2, 0.25) is 0 Å². The van der Waals surface area contributed by atoms with Crippen LogP contribution in [0.4, 0.5) is 5.69 Å². The van der Waals surface area contributed by atoms with E-state index in [1.807, 2.05) is 18.2 Å². The summed E-state index contributed by atoms with van der Waals surface area (Å²) in [4.78, 5) is 207. The van der Waals surface area contributed by atoms with Crippen LogP contribution in [0.1, 0.15) is 93.0 Å². The lowest BCUT2D eigenvalue weighted by Crippen LogP contribution is -2.59. The van der Waals surface area contributed by atoms with E-state index in [2.05, 4.69) is 68.1 Å². The molecule has 0 spiro atoms. The summed E-state index contributed by atoms with van der Waals surface area (Å²) in [5.74, 6) is -11.8. The first kappa shape index (κ1) is 84.4. The fourth-order valence-corrected chi connectivity index (χ4v) is 15.4. The van der Waals surface area contributed by atoms with Crippen molar-refractivity contribution in [1.29, 1.82) is 0 Å². The Bertz CT molecular complexity index is 3930. The number of hydrogen-bond acceptors (Lipinski definition) is 21. The largest absolute Gasteiger partial charge is 0.481 e. The fraction of sp³-hybridized carbons (Fsp3) is 0.462. The molecule has 37 nitrogen and oxygen atoms in total. The van der Waals surface area contributed by atoms with E-state index in [0.717, 1.165) is 10.9 Å². The zero-order chi connectivity index (χ0) is 77.4. The number of carbonyl (C=O) groups excluding carboxylic acids is 13. The molecule has 8 unspecified atom stereocenters. The summed E-state index contributed by atoms with van der Waals surface area (Å²) in [5, 5.41) is 46.2. The number of hydrogen-bond donors (Lipinski definition) is 19. The van der Waals surface area contributed by atoms with E-state index in [4.69, 9.17) is 34.4 Å². The smallest absolute Gasteiger partial charge is 0.305 e. The Morgan fingerprint density at radius 1 is 0.528 bits per heavy atom. The molecule has 41 heteroatoms. The Kier molecular flexibility index (Phi) is 34.3. The van der Waals surface area contributed by atoms with Crippen LogP contribution in [-0.2, 0) is 73.5 Å². The molecule has 2 fully saturated rings. The number of para-hydroxylation sites is 1. The van der Waals surface area contributed by atoms with Gasteiger partial charge >= 0.3 is 11.9 Å². The van der Waals surface area contributed by atoms with Crippen LogP contribution in [0.3, 0.4) is 0 Å². The Morgan fingerprint density at radius 3 is 1.58 bits per heavy atom. The molecular formula is C65H88N20O17S4. The molecule has 106 heavy (non-hydrogen) atoms. The van der Waals surface area contributed by atoms with Gasteiger partial charge in [-0.15, -0.1) is 0 Å². The average Bonchev–Trinajstić information content (AvgIpc) is 1.32. The van der Waals surface area contributed by atoms with Gasteiger partial charge in [0.25, 0.3) is 5.91 Å². The van der Waals surface area contributed by atoms with Crippen LogP contribution >= 0.6 is 43.2 Å². The third-order valence-electron chi connectivity index (χ3n) is 16.3. The van der Waals surface area contributed by atoms with Gasteiger partial charge in [0.15, 0.2) is 11.9 Å². The molecule has 3 aliphatic rings. The van der Waals surface area contributed by atoms with Crippen molar-refractivity contribution in [1.82, 2.24) is 57.7 Å². The predicted molar refractivity (Wildman–Crippen MR) is 399 cm³/mol. The standard InChI is InChI=1S/C35H49N11O9S2.C30H39N9O8S2/c36-30(51)25-18-57-56-13-10-27(47)42-22(8-3-4-11-39-35(37)38)31(52)41-17-28(48)43-23(15-29(49)50)32(53)44-24(14-19-16-40-21-7-2-1-6-20(19)21)34(55)46-12-5-9-26(46)33(54)45-25;31-26(44)22-15-49-48-10-8-23(40)37-20(7-3-4-9-34-30(32)33)28(46)35-14-24(41)38-21(13-25(42)43)29(47)36-17-11-16-5-1-2-6-18(16)19(12-17)27(45)39-22/h1-2,6-7,16,22-26,40H,3-5,8-15,17-18H2,(H2,36,51)(H,41,52)(H,42,47)(H,43,48)(H,44,53)(H,45,54)(H,49,50)(H4,37,38,39);1-2,5-6,11-12,20-22H,3-4,7-10,13-15H2,(H2,31,44)(H,35,46)(H,36,47)(H,37,40)(H,38,41)(H,39,45)(H,42,43)(H4,32,33,34). The summed E-state index contributed by atoms with van der Waals surface area (Å²) >= 11 is 0. The Morgan fingerprint density at radius 2 is 1.04 bits per heavy atom. The third kappa shape index (κ3) is 28.1. The number of H-pyrrole nitrogens is 1. The number of primary amides is 2. The van der Waals surface area contributed by atoms with Crippen LogP contribution in [0.25, 0.3) is 21.7 Å². The van der Waals surface area contributed by atoms with Gasteiger partial charge in [-0.05, 0) is 85.9 Å². The molecule has 3 aromatic carbocycles. The number of carboxylic acid groups (broad SMARTS) is 2. The summed E-state index contributed by atoms with van der Waals surface area (Å²) in [6.45, 7) is -0.541. The van der Waals surface area contributed by atoms with E-state index in [-0.39, 0.29) is 92.0 Å². The summed E-state index contributed by atoms with van der Waals surface area (Å²) in [5.41, 5.74) is 34.2. The molecule has 2 bridgehead atoms. The highest BCUT2D eigenvalue weighted by molar-refractivity contribution is 8.77. The van der Waals surface area contributed by atoms with Gasteiger partial charge in [0.2, 0.25) is 70.9 Å². The minimum Gasteiger partial charge on any atom is -0.481 e. The maximum Gasteiger partial charge on any atom is 0.305 e. The number of unbranched alkanes of at least 4 members (excludes halogenated alkanes) is 2. The van der Waals surface area contributed by atoms with Crippen molar-refractivity contribution in [3.8, 4) is 0 Å². The van der Waals surface area contributed by atoms with Crippen molar-refractivity contribution in [3.63, 3.8) is 0 Å². The lowest BCUT2D eigenvalue weighted by Gasteiger charge is -2.30. The van der Waals surface area contributed by atoms with E-state index < -0.39 is 163 Å². The first-order chi connectivity index (χ1) is 50.6. The van der Waals surface area contributed by atoms with Gasteiger partial charge < -0.3 is 108 Å². The second-order valence-corrected chi connectivity index (χ2v) is 29.6. The molecule has 3 aliphatic heterocycles. The molecule has 13 amide bonds. The van der Waals surface area contributed by atoms with E-state index in [0.29, 0.717) is 60.7 Å². The molecule has 4 aromatic rings. The lowest BCUT2D eigenvalue weighted by molar-refractivity contribution is -0.143. The molecule has 4 heterocycles. The minimum absolute atomic E-state index is 0.00823. The van der Waals surface area contributed by atoms with Gasteiger partial charge in [0.1, 0.15) is 48.3 Å². The number of aromatic nitrogens is 1. The summed E-state index contributed by atoms with van der Waals surface area (Å²) in [6, 6.07) is 7.10. The van der Waals surface area contributed by atoms with E-state index in [1.54, 1.807) is 42.6 Å².